The minimum atomic E-state index is -0.798. The van der Waals surface area contributed by atoms with Gasteiger partial charge in [0, 0.05) is 0 Å². The van der Waals surface area contributed by atoms with Gasteiger partial charge in [-0.15, -0.1) is 0 Å². The van der Waals surface area contributed by atoms with Crippen molar-refractivity contribution in [3.63, 3.8) is 0 Å². The second-order valence-electron chi connectivity index (χ2n) is 7.92. The van der Waals surface area contributed by atoms with Crippen LogP contribution in [0, 0.1) is 0 Å². The zero-order valence-electron chi connectivity index (χ0n) is 16.7. The first-order valence-corrected chi connectivity index (χ1v) is 9.09. The molecule has 0 fully saturated rings. The molecule has 2 aromatic rings. The zero-order chi connectivity index (χ0) is 20.7. The molecule has 0 N–H and O–H groups in total. The van der Waals surface area contributed by atoms with Crippen molar-refractivity contribution in [3.8, 4) is 0 Å². The molecule has 28 heavy (non-hydrogen) atoms. The number of carbonyl (C=O) groups is 2. The summed E-state index contributed by atoms with van der Waals surface area (Å²) in [5.41, 5.74) is 1.05. The van der Waals surface area contributed by atoms with E-state index in [4.69, 9.17) is 9.47 Å². The molecule has 0 saturated carbocycles. The molecule has 0 spiro atoms. The summed E-state index contributed by atoms with van der Waals surface area (Å²) in [4.78, 5) is 25.5. The summed E-state index contributed by atoms with van der Waals surface area (Å²) in [5, 5.41) is 1.58. The van der Waals surface area contributed by atoms with Crippen LogP contribution in [-0.2, 0) is 9.47 Å². The lowest BCUT2D eigenvalue weighted by atomic mass is 9.96. The maximum Gasteiger partial charge on any atom is 0.339 e. The molecule has 144 valence electrons. The van der Waals surface area contributed by atoms with E-state index in [0.717, 1.165) is 16.5 Å². The van der Waals surface area contributed by atoms with Gasteiger partial charge in [-0.05, 0) is 79.9 Å². The van der Waals surface area contributed by atoms with Gasteiger partial charge in [-0.3, -0.25) is 0 Å². The molecule has 1 aliphatic carbocycles. The Balaban J connectivity index is 2.11. The van der Waals surface area contributed by atoms with Crippen molar-refractivity contribution < 1.29 is 19.1 Å². The summed E-state index contributed by atoms with van der Waals surface area (Å²) in [6, 6.07) is 7.07. The Morgan fingerprint density at radius 2 is 1.43 bits per heavy atom. The first-order chi connectivity index (χ1) is 13.1. The molecule has 0 unspecified atom stereocenters. The van der Waals surface area contributed by atoms with E-state index < -0.39 is 23.1 Å². The quantitative estimate of drug-likeness (QED) is 0.417. The molecular formula is C24H24O4. The highest BCUT2D eigenvalue weighted by Crippen LogP contribution is 2.35. The number of hydrogen-bond acceptors (Lipinski definition) is 4. The second kappa shape index (κ2) is 6.79. The molecule has 0 radical (unpaired) electrons. The highest BCUT2D eigenvalue weighted by Gasteiger charge is 2.26. The third kappa shape index (κ3) is 3.63. The number of esters is 2. The summed E-state index contributed by atoms with van der Waals surface area (Å²) in [6.07, 6.45) is 7.04. The highest BCUT2D eigenvalue weighted by molar-refractivity contribution is 6.14. The predicted octanol–water partition coefficient (Wildman–Crippen LogP) is 5.57. The van der Waals surface area contributed by atoms with Crippen LogP contribution in [0.1, 0.15) is 59.5 Å². The van der Waals surface area contributed by atoms with Gasteiger partial charge < -0.3 is 9.47 Å². The SMILES string of the molecule is C=CC(C)(C)OC(=O)c1cc2c3c(ccc(C(=O)OC(C)(C)C=C)c3c1)C=C2. The van der Waals surface area contributed by atoms with Gasteiger partial charge in [0.15, 0.2) is 0 Å². The summed E-state index contributed by atoms with van der Waals surface area (Å²) in [6.45, 7) is 14.4. The van der Waals surface area contributed by atoms with Crippen LogP contribution >= 0.6 is 0 Å². The number of benzene rings is 2. The van der Waals surface area contributed by atoms with E-state index in [2.05, 4.69) is 13.2 Å². The van der Waals surface area contributed by atoms with E-state index in [1.54, 1.807) is 58.0 Å². The summed E-state index contributed by atoms with van der Waals surface area (Å²) in [5.74, 6) is -0.939. The Hall–Kier alpha value is -3.14. The van der Waals surface area contributed by atoms with E-state index in [9.17, 15) is 9.59 Å². The van der Waals surface area contributed by atoms with Crippen LogP contribution in [0.2, 0.25) is 0 Å². The Morgan fingerprint density at radius 3 is 2.04 bits per heavy atom. The number of hydrogen-bond donors (Lipinski definition) is 0. The molecule has 0 saturated heterocycles. The molecule has 0 aromatic heterocycles. The van der Waals surface area contributed by atoms with E-state index >= 15 is 0 Å². The van der Waals surface area contributed by atoms with Crippen molar-refractivity contribution in [2.45, 2.75) is 38.9 Å². The molecule has 0 bridgehead atoms. The third-order valence-corrected chi connectivity index (χ3v) is 4.77. The highest BCUT2D eigenvalue weighted by atomic mass is 16.6. The molecular weight excluding hydrogens is 352 g/mol. The monoisotopic (exact) mass is 376 g/mol. The Morgan fingerprint density at radius 1 is 0.857 bits per heavy atom. The van der Waals surface area contributed by atoms with Crippen molar-refractivity contribution >= 4 is 34.9 Å². The number of ether oxygens (including phenoxy) is 2. The molecule has 4 nitrogen and oxygen atoms in total. The summed E-state index contributed by atoms with van der Waals surface area (Å²) >= 11 is 0. The fraction of sp³-hybridized carbons (Fsp3) is 0.250. The molecule has 0 heterocycles. The van der Waals surface area contributed by atoms with Crippen molar-refractivity contribution in [1.29, 1.82) is 0 Å². The van der Waals surface area contributed by atoms with Crippen LogP contribution in [0.15, 0.2) is 49.6 Å². The van der Waals surface area contributed by atoms with E-state index in [1.807, 2.05) is 18.2 Å². The second-order valence-corrected chi connectivity index (χ2v) is 7.92. The van der Waals surface area contributed by atoms with Gasteiger partial charge in [0.1, 0.15) is 11.2 Å². The maximum atomic E-state index is 12.8. The molecule has 4 heteroatoms. The van der Waals surface area contributed by atoms with Gasteiger partial charge in [-0.25, -0.2) is 9.59 Å². The molecule has 0 aliphatic heterocycles. The molecule has 2 aromatic carbocycles. The lowest BCUT2D eigenvalue weighted by Gasteiger charge is -2.22. The molecule has 0 atom stereocenters. The van der Waals surface area contributed by atoms with Gasteiger partial charge in [0.05, 0.1) is 11.1 Å². The van der Waals surface area contributed by atoms with Crippen LogP contribution in [0.3, 0.4) is 0 Å². The van der Waals surface area contributed by atoms with E-state index in [-0.39, 0.29) is 0 Å². The van der Waals surface area contributed by atoms with Crippen LogP contribution < -0.4 is 0 Å². The average molecular weight is 376 g/mol. The van der Waals surface area contributed by atoms with Crippen molar-refractivity contribution in [2.75, 3.05) is 0 Å². The molecule has 0 amide bonds. The fourth-order valence-corrected chi connectivity index (χ4v) is 2.97. The fourth-order valence-electron chi connectivity index (χ4n) is 2.97. The Kier molecular flexibility index (Phi) is 4.76. The average Bonchev–Trinajstić information content (AvgIpc) is 3.05. The van der Waals surface area contributed by atoms with Gasteiger partial charge in [0.25, 0.3) is 0 Å². The first kappa shape index (κ1) is 19.6. The summed E-state index contributed by atoms with van der Waals surface area (Å²) < 4.78 is 11.1. The van der Waals surface area contributed by atoms with Crippen LogP contribution in [0.25, 0.3) is 22.9 Å². The van der Waals surface area contributed by atoms with Crippen molar-refractivity contribution in [3.05, 3.63) is 71.8 Å². The van der Waals surface area contributed by atoms with Crippen molar-refractivity contribution in [2.24, 2.45) is 0 Å². The number of carbonyl (C=O) groups excluding carboxylic acids is 2. The largest absolute Gasteiger partial charge is 0.452 e. The van der Waals surface area contributed by atoms with Gasteiger partial charge in [-0.1, -0.05) is 31.4 Å². The van der Waals surface area contributed by atoms with Gasteiger partial charge >= 0.3 is 11.9 Å². The predicted molar refractivity (Wildman–Crippen MR) is 112 cm³/mol. The van der Waals surface area contributed by atoms with Crippen LogP contribution in [0.4, 0.5) is 0 Å². The number of rotatable bonds is 6. The lowest BCUT2D eigenvalue weighted by Crippen LogP contribution is -2.26. The van der Waals surface area contributed by atoms with E-state index in [1.165, 1.54) is 0 Å². The van der Waals surface area contributed by atoms with Crippen molar-refractivity contribution in [1.82, 2.24) is 0 Å². The molecule has 1 aliphatic rings. The van der Waals surface area contributed by atoms with Gasteiger partial charge in [0.2, 0.25) is 0 Å². The Bertz CT molecular complexity index is 1040. The van der Waals surface area contributed by atoms with Crippen LogP contribution in [-0.4, -0.2) is 23.1 Å². The minimum absolute atomic E-state index is 0.373. The van der Waals surface area contributed by atoms with Gasteiger partial charge in [-0.2, -0.15) is 0 Å². The maximum absolute atomic E-state index is 12.8. The Labute approximate surface area is 165 Å². The minimum Gasteiger partial charge on any atom is -0.452 e. The molecule has 3 rings (SSSR count). The topological polar surface area (TPSA) is 52.6 Å². The lowest BCUT2D eigenvalue weighted by molar-refractivity contribution is 0.0162. The van der Waals surface area contributed by atoms with Crippen LogP contribution in [0.5, 0.6) is 0 Å². The first-order valence-electron chi connectivity index (χ1n) is 9.09. The third-order valence-electron chi connectivity index (χ3n) is 4.77. The smallest absolute Gasteiger partial charge is 0.339 e. The summed E-state index contributed by atoms with van der Waals surface area (Å²) in [7, 11) is 0. The van der Waals surface area contributed by atoms with E-state index in [0.29, 0.717) is 16.5 Å². The normalized spacial score (nSPS) is 12.7. The standard InChI is InChI=1S/C24H24O4/c1-7-23(3,4)27-21(25)17-13-16-10-9-15-11-12-18(19(14-17)20(15)16)22(26)28-24(5,6)8-2/h7-14H,1-2H2,3-6H3. The zero-order valence-corrected chi connectivity index (χ0v) is 16.7.